The van der Waals surface area contributed by atoms with Crippen LogP contribution in [-0.2, 0) is 4.79 Å². The number of ether oxygens (including phenoxy) is 1. The summed E-state index contributed by atoms with van der Waals surface area (Å²) in [5.41, 5.74) is 5.66. The highest BCUT2D eigenvalue weighted by atomic mass is 32.2. The number of amides is 1. The summed E-state index contributed by atoms with van der Waals surface area (Å²) in [6.07, 6.45) is 0. The fourth-order valence-electron chi connectivity index (χ4n) is 3.66. The molecule has 0 unspecified atom stereocenters. The van der Waals surface area contributed by atoms with E-state index in [0.29, 0.717) is 22.4 Å². The van der Waals surface area contributed by atoms with Crippen LogP contribution >= 0.6 is 11.8 Å². The van der Waals surface area contributed by atoms with Crippen LogP contribution in [0.3, 0.4) is 0 Å². The van der Waals surface area contributed by atoms with Gasteiger partial charge in [0.05, 0.1) is 13.2 Å². The Bertz CT molecular complexity index is 1280. The van der Waals surface area contributed by atoms with Gasteiger partial charge in [-0.15, -0.1) is 10.2 Å². The van der Waals surface area contributed by atoms with Gasteiger partial charge < -0.3 is 15.5 Å². The molecule has 1 amide bonds. The van der Waals surface area contributed by atoms with Gasteiger partial charge >= 0.3 is 0 Å². The first kappa shape index (κ1) is 21.0. The number of halogens is 1. The molecule has 1 aromatic heterocycles. The van der Waals surface area contributed by atoms with E-state index < -0.39 is 11.3 Å². The predicted molar refractivity (Wildman–Crippen MR) is 125 cm³/mol. The summed E-state index contributed by atoms with van der Waals surface area (Å²) in [4.78, 5) is 13.4. The molecule has 0 saturated carbocycles. The number of hydrogen-bond donors (Lipinski definition) is 2. The molecular formula is C24H20FN5O2S. The van der Waals surface area contributed by atoms with E-state index in [1.807, 2.05) is 36.4 Å². The highest BCUT2D eigenvalue weighted by Gasteiger charge is 2.38. The summed E-state index contributed by atoms with van der Waals surface area (Å²) in [5, 5.41) is 11.6. The maximum atomic E-state index is 13.6. The van der Waals surface area contributed by atoms with Crippen LogP contribution in [0.2, 0.25) is 0 Å². The van der Waals surface area contributed by atoms with E-state index in [4.69, 9.17) is 4.74 Å². The molecule has 33 heavy (non-hydrogen) atoms. The van der Waals surface area contributed by atoms with Gasteiger partial charge in [0.25, 0.3) is 0 Å². The zero-order chi connectivity index (χ0) is 22.8. The molecule has 0 spiro atoms. The molecule has 1 aliphatic heterocycles. The third-order valence-corrected chi connectivity index (χ3v) is 6.51. The summed E-state index contributed by atoms with van der Waals surface area (Å²) in [7, 11) is 1.57. The molecule has 0 saturated heterocycles. The molecule has 0 aliphatic carbocycles. The van der Waals surface area contributed by atoms with E-state index in [9.17, 15) is 9.18 Å². The Morgan fingerprint density at radius 3 is 2.61 bits per heavy atom. The zero-order valence-corrected chi connectivity index (χ0v) is 18.4. The number of rotatable bonds is 5. The third kappa shape index (κ3) is 4.27. The Hall–Kier alpha value is -3.85. The number of carbonyl (C=O) groups excluding carboxylic acids is 1. The van der Waals surface area contributed by atoms with Gasteiger partial charge in [-0.05, 0) is 29.8 Å². The summed E-state index contributed by atoms with van der Waals surface area (Å²) < 4.78 is 20.6. The van der Waals surface area contributed by atoms with Crippen LogP contribution in [-0.4, -0.2) is 33.1 Å². The Kier molecular flexibility index (Phi) is 5.70. The summed E-state index contributed by atoms with van der Waals surface area (Å²) in [6, 6.07) is 22.5. The lowest BCUT2D eigenvalue weighted by atomic mass is 10.0. The Morgan fingerprint density at radius 2 is 1.85 bits per heavy atom. The normalized spacial score (nSPS) is 17.0. The Labute approximate surface area is 194 Å². The third-order valence-electron chi connectivity index (χ3n) is 5.29. The van der Waals surface area contributed by atoms with Crippen LogP contribution in [0, 0.1) is 5.82 Å². The van der Waals surface area contributed by atoms with Crippen LogP contribution in [0.1, 0.15) is 11.6 Å². The van der Waals surface area contributed by atoms with Crippen molar-refractivity contribution in [2.24, 2.45) is 0 Å². The van der Waals surface area contributed by atoms with E-state index in [2.05, 4.69) is 20.9 Å². The first-order valence-electron chi connectivity index (χ1n) is 10.3. The second kappa shape index (κ2) is 8.95. The van der Waals surface area contributed by atoms with Crippen molar-refractivity contribution >= 4 is 23.4 Å². The first-order valence-corrected chi connectivity index (χ1v) is 11.1. The number of aromatic nitrogens is 3. The topological polar surface area (TPSA) is 81.1 Å². The molecule has 7 nitrogen and oxygen atoms in total. The number of nitrogens with zero attached hydrogens (tertiary/aromatic N) is 3. The highest BCUT2D eigenvalue weighted by Crippen LogP contribution is 2.39. The SMILES string of the molecule is COc1cccc(NC(=O)[C@@H]2Sc3nnc(-c4ccccc4)n3N[C@@H]2c2ccc(F)cc2)c1. The molecule has 4 aromatic rings. The van der Waals surface area contributed by atoms with Crippen LogP contribution in [0.25, 0.3) is 11.4 Å². The molecule has 2 heterocycles. The number of thioether (sulfide) groups is 1. The predicted octanol–water partition coefficient (Wildman–Crippen LogP) is 4.49. The maximum absolute atomic E-state index is 13.6. The molecule has 0 bridgehead atoms. The minimum Gasteiger partial charge on any atom is -0.497 e. The van der Waals surface area contributed by atoms with E-state index in [-0.39, 0.29) is 11.7 Å². The Morgan fingerprint density at radius 1 is 1.06 bits per heavy atom. The number of nitrogens with one attached hydrogen (secondary N) is 2. The van der Waals surface area contributed by atoms with Gasteiger partial charge in [0.2, 0.25) is 11.1 Å². The van der Waals surface area contributed by atoms with Gasteiger partial charge in [0.1, 0.15) is 16.8 Å². The molecule has 2 N–H and O–H groups in total. The molecule has 1 aliphatic rings. The standard InChI is InChI=1S/C24H20FN5O2S/c1-32-19-9-5-8-18(14-19)26-23(31)21-20(15-10-12-17(25)13-11-15)29-30-22(27-28-24(30)33-21)16-6-3-2-4-7-16/h2-14,20-21,29H,1H3,(H,26,31)/t20-,21-/m1/s1. The van der Waals surface area contributed by atoms with Crippen molar-refractivity contribution in [3.8, 4) is 17.1 Å². The zero-order valence-electron chi connectivity index (χ0n) is 17.6. The molecule has 3 aromatic carbocycles. The van der Waals surface area contributed by atoms with Crippen LogP contribution in [0.5, 0.6) is 5.75 Å². The lowest BCUT2D eigenvalue weighted by Gasteiger charge is -2.33. The fraction of sp³-hybridized carbons (Fsp3) is 0.125. The van der Waals surface area contributed by atoms with E-state index in [0.717, 1.165) is 11.1 Å². The average Bonchev–Trinajstić information content (AvgIpc) is 3.27. The van der Waals surface area contributed by atoms with Crippen LogP contribution in [0.15, 0.2) is 84.0 Å². The van der Waals surface area contributed by atoms with Crippen LogP contribution < -0.4 is 15.5 Å². The van der Waals surface area contributed by atoms with Crippen molar-refractivity contribution in [2.45, 2.75) is 16.4 Å². The van der Waals surface area contributed by atoms with Crippen molar-refractivity contribution in [1.29, 1.82) is 0 Å². The maximum Gasteiger partial charge on any atom is 0.240 e. The number of methoxy groups -OCH3 is 1. The lowest BCUT2D eigenvalue weighted by molar-refractivity contribution is -0.116. The molecule has 2 atom stereocenters. The molecule has 5 rings (SSSR count). The van der Waals surface area contributed by atoms with Gasteiger partial charge in [0.15, 0.2) is 5.82 Å². The highest BCUT2D eigenvalue weighted by molar-refractivity contribution is 8.00. The minimum absolute atomic E-state index is 0.217. The number of hydrogen-bond acceptors (Lipinski definition) is 6. The monoisotopic (exact) mass is 461 g/mol. The van der Waals surface area contributed by atoms with E-state index in [1.54, 1.807) is 42.1 Å². The summed E-state index contributed by atoms with van der Waals surface area (Å²) in [6.45, 7) is 0. The summed E-state index contributed by atoms with van der Waals surface area (Å²) >= 11 is 1.31. The molecule has 0 fully saturated rings. The molecule has 9 heteroatoms. The minimum atomic E-state index is -0.581. The quantitative estimate of drug-likeness (QED) is 0.456. The number of fused-ring (bicyclic) bond motifs is 1. The van der Waals surface area contributed by atoms with Gasteiger partial charge in [-0.3, -0.25) is 4.79 Å². The van der Waals surface area contributed by atoms with Gasteiger partial charge in [-0.25, -0.2) is 9.07 Å². The van der Waals surface area contributed by atoms with Gasteiger partial charge in [-0.2, -0.15) is 0 Å². The molecule has 166 valence electrons. The number of anilines is 1. The van der Waals surface area contributed by atoms with Crippen LogP contribution in [0.4, 0.5) is 10.1 Å². The van der Waals surface area contributed by atoms with Gasteiger partial charge in [0, 0.05) is 17.3 Å². The fourth-order valence-corrected chi connectivity index (χ4v) is 4.74. The van der Waals surface area contributed by atoms with Crippen molar-refractivity contribution in [1.82, 2.24) is 14.9 Å². The van der Waals surface area contributed by atoms with Crippen molar-refractivity contribution in [3.05, 3.63) is 90.2 Å². The number of benzene rings is 3. The lowest BCUT2D eigenvalue weighted by Crippen LogP contribution is -2.41. The molecular weight excluding hydrogens is 441 g/mol. The largest absolute Gasteiger partial charge is 0.497 e. The van der Waals surface area contributed by atoms with E-state index in [1.165, 1.54) is 23.9 Å². The Balaban J connectivity index is 1.50. The smallest absolute Gasteiger partial charge is 0.240 e. The average molecular weight is 462 g/mol. The molecule has 0 radical (unpaired) electrons. The number of carbonyl (C=O) groups is 1. The van der Waals surface area contributed by atoms with Crippen molar-refractivity contribution < 1.29 is 13.9 Å². The second-order valence-corrected chi connectivity index (χ2v) is 8.53. The van der Waals surface area contributed by atoms with Gasteiger partial charge in [-0.1, -0.05) is 60.3 Å². The van der Waals surface area contributed by atoms with Crippen molar-refractivity contribution in [2.75, 3.05) is 17.9 Å². The van der Waals surface area contributed by atoms with E-state index >= 15 is 0 Å². The summed E-state index contributed by atoms with van der Waals surface area (Å²) in [5.74, 6) is 0.724. The second-order valence-electron chi connectivity index (χ2n) is 7.43. The van der Waals surface area contributed by atoms with Crippen molar-refractivity contribution in [3.63, 3.8) is 0 Å². The first-order chi connectivity index (χ1) is 16.1.